The van der Waals surface area contributed by atoms with E-state index in [0.717, 1.165) is 22.4 Å². The molecule has 0 bridgehead atoms. The normalized spacial score (nSPS) is 10.3. The van der Waals surface area contributed by atoms with Crippen molar-refractivity contribution in [2.24, 2.45) is 0 Å². The van der Waals surface area contributed by atoms with E-state index >= 15 is 0 Å². The molecular formula is C15H22N2O. The molecule has 2 N–H and O–H groups in total. The van der Waals surface area contributed by atoms with E-state index in [0.29, 0.717) is 6.54 Å². The minimum Gasteiger partial charge on any atom is -0.381 e. The van der Waals surface area contributed by atoms with Crippen LogP contribution in [0.5, 0.6) is 0 Å². The molecule has 0 radical (unpaired) electrons. The maximum atomic E-state index is 12.0. The Morgan fingerprint density at radius 3 is 2.61 bits per heavy atom. The molecule has 3 nitrogen and oxygen atoms in total. The summed E-state index contributed by atoms with van der Waals surface area (Å²) in [6.45, 7) is 12.4. The molecule has 18 heavy (non-hydrogen) atoms. The molecule has 0 spiro atoms. The average molecular weight is 246 g/mol. The molecule has 0 saturated heterocycles. The zero-order valence-electron chi connectivity index (χ0n) is 11.6. The number of aryl methyl sites for hydroxylation is 1. The first-order valence-electron chi connectivity index (χ1n) is 6.20. The number of carbonyl (C=O) groups excluding carboxylic acids is 1. The first-order valence-corrected chi connectivity index (χ1v) is 6.20. The Bertz CT molecular complexity index is 450. The predicted molar refractivity (Wildman–Crippen MR) is 77.1 cm³/mol. The van der Waals surface area contributed by atoms with Crippen molar-refractivity contribution < 1.29 is 4.79 Å². The molecule has 98 valence electrons. The molecule has 0 aliphatic rings. The molecule has 1 aromatic rings. The molecule has 0 atom stereocenters. The van der Waals surface area contributed by atoms with Crippen molar-refractivity contribution in [2.45, 2.75) is 33.7 Å². The van der Waals surface area contributed by atoms with Gasteiger partial charge in [0.15, 0.2) is 0 Å². The summed E-state index contributed by atoms with van der Waals surface area (Å²) in [6.07, 6.45) is 0. The Balaban J connectivity index is 2.87. The second-order valence-corrected chi connectivity index (χ2v) is 4.97. The van der Waals surface area contributed by atoms with Gasteiger partial charge in [-0.3, -0.25) is 4.79 Å². The van der Waals surface area contributed by atoms with Crippen molar-refractivity contribution >= 4 is 11.6 Å². The Kier molecular flexibility index (Phi) is 4.95. The Labute approximate surface area is 109 Å². The van der Waals surface area contributed by atoms with Crippen molar-refractivity contribution in [3.8, 4) is 0 Å². The number of hydrogen-bond donors (Lipinski definition) is 2. The number of benzene rings is 1. The molecule has 3 heteroatoms. The summed E-state index contributed by atoms with van der Waals surface area (Å²) in [6, 6.07) is 5.96. The second kappa shape index (κ2) is 6.24. The fourth-order valence-corrected chi connectivity index (χ4v) is 1.57. The van der Waals surface area contributed by atoms with Crippen molar-refractivity contribution in [3.63, 3.8) is 0 Å². The molecule has 0 unspecified atom stereocenters. The number of carbonyl (C=O) groups is 1. The van der Waals surface area contributed by atoms with Crippen LogP contribution in [0, 0.1) is 6.92 Å². The molecule has 0 aliphatic carbocycles. The topological polar surface area (TPSA) is 41.1 Å². The lowest BCUT2D eigenvalue weighted by atomic mass is 10.1. The minimum absolute atomic E-state index is 0.0264. The number of amides is 1. The van der Waals surface area contributed by atoms with Crippen LogP contribution in [0.15, 0.2) is 30.4 Å². The van der Waals surface area contributed by atoms with Gasteiger partial charge in [-0.25, -0.2) is 0 Å². The third-order valence-corrected chi connectivity index (χ3v) is 2.50. The predicted octanol–water partition coefficient (Wildman–Crippen LogP) is 3.12. The van der Waals surface area contributed by atoms with Crippen LogP contribution >= 0.6 is 0 Å². The van der Waals surface area contributed by atoms with Gasteiger partial charge in [-0.15, -0.1) is 0 Å². The van der Waals surface area contributed by atoms with Crippen molar-refractivity contribution in [2.75, 3.05) is 11.9 Å². The largest absolute Gasteiger partial charge is 0.381 e. The molecule has 1 rings (SSSR count). The zero-order chi connectivity index (χ0) is 13.7. The number of anilines is 1. The molecule has 0 aromatic heterocycles. The number of nitrogens with one attached hydrogen (secondary N) is 2. The van der Waals surface area contributed by atoms with Crippen LogP contribution in [-0.4, -0.2) is 18.5 Å². The van der Waals surface area contributed by atoms with Gasteiger partial charge < -0.3 is 10.6 Å². The highest BCUT2D eigenvalue weighted by atomic mass is 16.1. The third kappa shape index (κ3) is 4.24. The van der Waals surface area contributed by atoms with Gasteiger partial charge in [0.25, 0.3) is 5.91 Å². The summed E-state index contributed by atoms with van der Waals surface area (Å²) >= 11 is 0. The summed E-state index contributed by atoms with van der Waals surface area (Å²) in [4.78, 5) is 12.0. The van der Waals surface area contributed by atoms with E-state index in [4.69, 9.17) is 0 Å². The van der Waals surface area contributed by atoms with Gasteiger partial charge in [-0.1, -0.05) is 18.2 Å². The lowest BCUT2D eigenvalue weighted by Gasteiger charge is -2.13. The van der Waals surface area contributed by atoms with Gasteiger partial charge in [-0.2, -0.15) is 0 Å². The van der Waals surface area contributed by atoms with Gasteiger partial charge in [0.05, 0.1) is 0 Å². The Morgan fingerprint density at radius 2 is 2.06 bits per heavy atom. The maximum absolute atomic E-state index is 12.0. The smallest absolute Gasteiger partial charge is 0.251 e. The van der Waals surface area contributed by atoms with Crippen LogP contribution in [-0.2, 0) is 0 Å². The molecule has 1 amide bonds. The summed E-state index contributed by atoms with van der Waals surface area (Å²) in [7, 11) is 0. The molecule has 0 saturated carbocycles. The zero-order valence-corrected chi connectivity index (χ0v) is 11.6. The van der Waals surface area contributed by atoms with Crippen LogP contribution in [0.2, 0.25) is 0 Å². The highest BCUT2D eigenvalue weighted by Gasteiger charge is 2.10. The van der Waals surface area contributed by atoms with E-state index in [1.807, 2.05) is 45.9 Å². The van der Waals surface area contributed by atoms with Crippen LogP contribution < -0.4 is 10.6 Å². The van der Waals surface area contributed by atoms with Crippen molar-refractivity contribution in [3.05, 3.63) is 41.5 Å². The minimum atomic E-state index is -0.0264. The standard InChI is InChI=1S/C15H22N2O/c1-10(2)9-16-13-7-6-12(5)14(8-13)15(18)17-11(3)4/h6-8,11,16H,1,9H2,2-5H3,(H,17,18). The van der Waals surface area contributed by atoms with E-state index < -0.39 is 0 Å². The number of rotatable bonds is 5. The van der Waals surface area contributed by atoms with Gasteiger partial charge >= 0.3 is 0 Å². The quantitative estimate of drug-likeness (QED) is 0.784. The number of hydrogen-bond acceptors (Lipinski definition) is 2. The monoisotopic (exact) mass is 246 g/mol. The second-order valence-electron chi connectivity index (χ2n) is 4.97. The Morgan fingerprint density at radius 1 is 1.39 bits per heavy atom. The Hall–Kier alpha value is -1.77. The molecule has 0 heterocycles. The average Bonchev–Trinajstić information content (AvgIpc) is 2.26. The first kappa shape index (κ1) is 14.3. The summed E-state index contributed by atoms with van der Waals surface area (Å²) in [5.74, 6) is -0.0264. The van der Waals surface area contributed by atoms with Gasteiger partial charge in [0.2, 0.25) is 0 Å². The first-order chi connectivity index (χ1) is 8.40. The van der Waals surface area contributed by atoms with Crippen LogP contribution in [0.4, 0.5) is 5.69 Å². The fourth-order valence-electron chi connectivity index (χ4n) is 1.57. The van der Waals surface area contributed by atoms with E-state index in [1.165, 1.54) is 0 Å². The fraction of sp³-hybridized carbons (Fsp3) is 0.400. The van der Waals surface area contributed by atoms with Crippen LogP contribution in [0.25, 0.3) is 0 Å². The highest BCUT2D eigenvalue weighted by Crippen LogP contribution is 2.15. The van der Waals surface area contributed by atoms with E-state index in [9.17, 15) is 4.79 Å². The lowest BCUT2D eigenvalue weighted by Crippen LogP contribution is -2.30. The summed E-state index contributed by atoms with van der Waals surface area (Å²) in [5.41, 5.74) is 3.70. The van der Waals surface area contributed by atoms with Crippen LogP contribution in [0.3, 0.4) is 0 Å². The van der Waals surface area contributed by atoms with Crippen LogP contribution in [0.1, 0.15) is 36.7 Å². The molecular weight excluding hydrogens is 224 g/mol. The highest BCUT2D eigenvalue weighted by molar-refractivity contribution is 5.96. The molecule has 0 aliphatic heterocycles. The van der Waals surface area contributed by atoms with Crippen molar-refractivity contribution in [1.29, 1.82) is 0 Å². The van der Waals surface area contributed by atoms with E-state index in [2.05, 4.69) is 17.2 Å². The van der Waals surface area contributed by atoms with Crippen molar-refractivity contribution in [1.82, 2.24) is 5.32 Å². The summed E-state index contributed by atoms with van der Waals surface area (Å²) in [5, 5.41) is 6.15. The van der Waals surface area contributed by atoms with Gasteiger partial charge in [-0.05, 0) is 45.4 Å². The third-order valence-electron chi connectivity index (χ3n) is 2.50. The molecule has 1 aromatic carbocycles. The van der Waals surface area contributed by atoms with Gasteiger partial charge in [0, 0.05) is 23.8 Å². The SMILES string of the molecule is C=C(C)CNc1ccc(C)c(C(=O)NC(C)C)c1. The lowest BCUT2D eigenvalue weighted by molar-refractivity contribution is 0.0942. The maximum Gasteiger partial charge on any atom is 0.251 e. The van der Waals surface area contributed by atoms with Gasteiger partial charge in [0.1, 0.15) is 0 Å². The summed E-state index contributed by atoms with van der Waals surface area (Å²) < 4.78 is 0. The van der Waals surface area contributed by atoms with E-state index in [-0.39, 0.29) is 11.9 Å². The molecule has 0 fully saturated rings. The van der Waals surface area contributed by atoms with E-state index in [1.54, 1.807) is 0 Å².